The molecule has 7 nitrogen and oxygen atoms in total. The minimum absolute atomic E-state index is 0.00918. The van der Waals surface area contributed by atoms with E-state index in [4.69, 9.17) is 0 Å². The summed E-state index contributed by atoms with van der Waals surface area (Å²) in [5.74, 6) is -0.815. The second-order valence-corrected chi connectivity index (χ2v) is 8.83. The average Bonchev–Trinajstić information content (AvgIpc) is 2.78. The van der Waals surface area contributed by atoms with Gasteiger partial charge < -0.3 is 10.6 Å². The van der Waals surface area contributed by atoms with Crippen LogP contribution in [0.25, 0.3) is 0 Å². The maximum atomic E-state index is 12.9. The minimum atomic E-state index is -4.63. The Morgan fingerprint density at radius 3 is 2.12 bits per heavy atom. The van der Waals surface area contributed by atoms with E-state index in [1.807, 2.05) is 0 Å². The number of nitrogens with one attached hydrogen (secondary N) is 3. The Balaban J connectivity index is 1.78. The lowest BCUT2D eigenvalue weighted by atomic mass is 10.2. The van der Waals surface area contributed by atoms with Crippen LogP contribution in [0, 0.1) is 0 Å². The standard InChI is InChI=1S/C23H20F3N3O4S/c1-2-21(30)27-17-8-5-9-18(14-17)28-22(31)15-6-3-11-20(12-15)34(32,33)29-19-10-4-7-16(13-19)23(24,25)26/h3-14,29H,2H2,1H3,(H,27,30)(H,28,31). The summed E-state index contributed by atoms with van der Waals surface area (Å²) in [5, 5.41) is 5.27. The molecule has 0 aromatic heterocycles. The SMILES string of the molecule is CCC(=O)Nc1cccc(NC(=O)c2cccc(S(=O)(=O)Nc3cccc(C(F)(F)F)c3)c2)c1. The van der Waals surface area contributed by atoms with Crippen LogP contribution in [0.2, 0.25) is 0 Å². The first-order valence-electron chi connectivity index (χ1n) is 9.99. The van der Waals surface area contributed by atoms with Gasteiger partial charge in [-0.1, -0.05) is 25.1 Å². The number of carbonyl (C=O) groups is 2. The number of rotatable bonds is 7. The number of hydrogen-bond donors (Lipinski definition) is 3. The Hall–Kier alpha value is -3.86. The summed E-state index contributed by atoms with van der Waals surface area (Å²) < 4.78 is 66.2. The van der Waals surface area contributed by atoms with Crippen molar-refractivity contribution >= 4 is 38.9 Å². The lowest BCUT2D eigenvalue weighted by Crippen LogP contribution is -2.16. The highest BCUT2D eigenvalue weighted by Gasteiger charge is 2.30. The molecule has 0 saturated heterocycles. The van der Waals surface area contributed by atoms with Crippen molar-refractivity contribution in [2.45, 2.75) is 24.4 Å². The van der Waals surface area contributed by atoms with Crippen LogP contribution in [-0.2, 0) is 21.0 Å². The summed E-state index contributed by atoms with van der Waals surface area (Å²) in [5.41, 5.74) is -0.413. The molecular weight excluding hydrogens is 471 g/mol. The number of carbonyl (C=O) groups excluding carboxylic acids is 2. The number of benzene rings is 3. The summed E-state index contributed by atoms with van der Waals surface area (Å²) in [6.07, 6.45) is -4.34. The van der Waals surface area contributed by atoms with Crippen molar-refractivity contribution in [2.75, 3.05) is 15.4 Å². The van der Waals surface area contributed by atoms with E-state index in [0.29, 0.717) is 17.4 Å². The number of amides is 2. The molecule has 11 heteroatoms. The number of alkyl halides is 3. The number of sulfonamides is 1. The van der Waals surface area contributed by atoms with Gasteiger partial charge in [-0.25, -0.2) is 8.42 Å². The van der Waals surface area contributed by atoms with E-state index in [2.05, 4.69) is 15.4 Å². The third-order valence-electron chi connectivity index (χ3n) is 4.57. The van der Waals surface area contributed by atoms with Crippen LogP contribution in [0.5, 0.6) is 0 Å². The lowest BCUT2D eigenvalue weighted by molar-refractivity contribution is -0.137. The van der Waals surface area contributed by atoms with Gasteiger partial charge in [0.2, 0.25) is 5.91 Å². The average molecular weight is 491 g/mol. The summed E-state index contributed by atoms with van der Waals surface area (Å²) in [7, 11) is -4.27. The van der Waals surface area contributed by atoms with Crippen LogP contribution in [0.4, 0.5) is 30.2 Å². The number of hydrogen-bond acceptors (Lipinski definition) is 4. The molecule has 3 N–H and O–H groups in total. The molecule has 3 rings (SSSR count). The van der Waals surface area contributed by atoms with Crippen molar-refractivity contribution in [3.63, 3.8) is 0 Å². The zero-order valence-electron chi connectivity index (χ0n) is 17.8. The molecule has 0 heterocycles. The Morgan fingerprint density at radius 2 is 1.44 bits per heavy atom. The highest BCUT2D eigenvalue weighted by molar-refractivity contribution is 7.92. The van der Waals surface area contributed by atoms with Gasteiger partial charge in [0.15, 0.2) is 0 Å². The highest BCUT2D eigenvalue weighted by Crippen LogP contribution is 2.31. The fourth-order valence-corrected chi connectivity index (χ4v) is 4.00. The molecule has 0 atom stereocenters. The first-order valence-corrected chi connectivity index (χ1v) is 11.5. The van der Waals surface area contributed by atoms with E-state index < -0.39 is 27.7 Å². The van der Waals surface area contributed by atoms with Gasteiger partial charge in [0, 0.05) is 29.0 Å². The van der Waals surface area contributed by atoms with Crippen LogP contribution >= 0.6 is 0 Å². The molecule has 0 saturated carbocycles. The Bertz CT molecular complexity index is 1320. The van der Waals surface area contributed by atoms with Crippen molar-refractivity contribution in [3.05, 3.63) is 83.9 Å². The summed E-state index contributed by atoms with van der Waals surface area (Å²) in [4.78, 5) is 23.9. The van der Waals surface area contributed by atoms with E-state index in [1.54, 1.807) is 31.2 Å². The summed E-state index contributed by atoms with van der Waals surface area (Å²) in [6.45, 7) is 1.70. The molecule has 34 heavy (non-hydrogen) atoms. The Labute approximate surface area is 194 Å². The largest absolute Gasteiger partial charge is 0.416 e. The Kier molecular flexibility index (Phi) is 7.26. The van der Waals surface area contributed by atoms with Crippen LogP contribution in [0.1, 0.15) is 29.3 Å². The molecule has 0 radical (unpaired) electrons. The molecule has 0 aliphatic heterocycles. The van der Waals surface area contributed by atoms with E-state index in [1.165, 1.54) is 24.3 Å². The van der Waals surface area contributed by atoms with Gasteiger partial charge >= 0.3 is 6.18 Å². The first-order chi connectivity index (χ1) is 16.0. The van der Waals surface area contributed by atoms with Gasteiger partial charge in [0.05, 0.1) is 10.5 Å². The van der Waals surface area contributed by atoms with Gasteiger partial charge in [-0.05, 0) is 54.6 Å². The van der Waals surface area contributed by atoms with Gasteiger partial charge in [-0.2, -0.15) is 13.2 Å². The van der Waals surface area contributed by atoms with Crippen molar-refractivity contribution in [3.8, 4) is 0 Å². The fourth-order valence-electron chi connectivity index (χ4n) is 2.90. The van der Waals surface area contributed by atoms with Crippen molar-refractivity contribution in [1.29, 1.82) is 0 Å². The third kappa shape index (κ3) is 6.35. The molecule has 0 aliphatic carbocycles. The lowest BCUT2D eigenvalue weighted by Gasteiger charge is -2.12. The zero-order valence-corrected chi connectivity index (χ0v) is 18.6. The third-order valence-corrected chi connectivity index (χ3v) is 5.95. The highest BCUT2D eigenvalue weighted by atomic mass is 32.2. The molecule has 3 aromatic rings. The molecule has 0 bridgehead atoms. The predicted molar refractivity (Wildman–Crippen MR) is 122 cm³/mol. The van der Waals surface area contributed by atoms with Crippen LogP contribution in [0.3, 0.4) is 0 Å². The molecule has 2 amide bonds. The van der Waals surface area contributed by atoms with Gasteiger partial charge in [-0.15, -0.1) is 0 Å². The first kappa shape index (κ1) is 24.8. The second kappa shape index (κ2) is 9.96. The van der Waals surface area contributed by atoms with Crippen molar-refractivity contribution < 1.29 is 31.2 Å². The second-order valence-electron chi connectivity index (χ2n) is 7.15. The number of halogens is 3. The molecule has 0 aliphatic rings. The Morgan fingerprint density at radius 1 is 0.824 bits per heavy atom. The van der Waals surface area contributed by atoms with E-state index in [-0.39, 0.29) is 28.5 Å². The molecule has 3 aromatic carbocycles. The summed E-state index contributed by atoms with van der Waals surface area (Å²) >= 11 is 0. The molecule has 0 unspecified atom stereocenters. The smallest absolute Gasteiger partial charge is 0.326 e. The fraction of sp³-hybridized carbons (Fsp3) is 0.130. The minimum Gasteiger partial charge on any atom is -0.326 e. The maximum absolute atomic E-state index is 12.9. The van der Waals surface area contributed by atoms with Gasteiger partial charge in [0.25, 0.3) is 15.9 Å². The maximum Gasteiger partial charge on any atom is 0.416 e. The van der Waals surface area contributed by atoms with E-state index in [9.17, 15) is 31.2 Å². The normalized spacial score (nSPS) is 11.5. The van der Waals surface area contributed by atoms with Crippen LogP contribution < -0.4 is 15.4 Å². The van der Waals surface area contributed by atoms with Gasteiger partial charge in [-0.3, -0.25) is 14.3 Å². The van der Waals surface area contributed by atoms with Gasteiger partial charge in [0.1, 0.15) is 0 Å². The van der Waals surface area contributed by atoms with Crippen LogP contribution in [0.15, 0.2) is 77.7 Å². The molecule has 178 valence electrons. The van der Waals surface area contributed by atoms with E-state index >= 15 is 0 Å². The summed E-state index contributed by atoms with van der Waals surface area (Å²) in [6, 6.07) is 15.2. The van der Waals surface area contributed by atoms with Crippen molar-refractivity contribution in [1.82, 2.24) is 0 Å². The topological polar surface area (TPSA) is 104 Å². The molecular formula is C23H20F3N3O4S. The molecule has 0 spiro atoms. The monoisotopic (exact) mass is 491 g/mol. The molecule has 0 fully saturated rings. The number of anilines is 3. The quantitative estimate of drug-likeness (QED) is 0.427. The predicted octanol–water partition coefficient (Wildman–Crippen LogP) is 5.11. The van der Waals surface area contributed by atoms with Crippen molar-refractivity contribution in [2.24, 2.45) is 0 Å². The van der Waals surface area contributed by atoms with Crippen LogP contribution in [-0.4, -0.2) is 20.2 Å². The van der Waals surface area contributed by atoms with E-state index in [0.717, 1.165) is 18.2 Å². The zero-order chi connectivity index (χ0) is 24.9.